The summed E-state index contributed by atoms with van der Waals surface area (Å²) in [6.45, 7) is 7.74. The van der Waals surface area contributed by atoms with Gasteiger partial charge in [0.25, 0.3) is 0 Å². The van der Waals surface area contributed by atoms with Gasteiger partial charge >= 0.3 is 0 Å². The van der Waals surface area contributed by atoms with Crippen molar-refractivity contribution in [3.63, 3.8) is 0 Å². The van der Waals surface area contributed by atoms with E-state index >= 15 is 0 Å². The minimum atomic E-state index is 0.0572. The Bertz CT molecular complexity index is 703. The molecule has 168 valence electrons. The Balaban J connectivity index is 1.18. The summed E-state index contributed by atoms with van der Waals surface area (Å²) in [5.74, 6) is 4.03. The van der Waals surface area contributed by atoms with Gasteiger partial charge in [-0.15, -0.1) is 0 Å². The average Bonchev–Trinajstić information content (AvgIpc) is 3.45. The predicted octanol–water partition coefficient (Wildman–Crippen LogP) is 4.68. The van der Waals surface area contributed by atoms with E-state index in [-0.39, 0.29) is 28.7 Å². The molecule has 30 heavy (non-hydrogen) atoms. The van der Waals surface area contributed by atoms with E-state index in [2.05, 4.69) is 31.4 Å². The van der Waals surface area contributed by atoms with Gasteiger partial charge in [-0.1, -0.05) is 33.6 Å². The van der Waals surface area contributed by atoms with Crippen molar-refractivity contribution in [1.29, 1.82) is 0 Å². The lowest BCUT2D eigenvalue weighted by Gasteiger charge is -2.47. The third-order valence-corrected chi connectivity index (χ3v) is 9.63. The van der Waals surface area contributed by atoms with Crippen LogP contribution in [-0.2, 0) is 9.59 Å². The highest BCUT2D eigenvalue weighted by molar-refractivity contribution is 5.80. The van der Waals surface area contributed by atoms with E-state index in [0.29, 0.717) is 23.7 Å². The number of hydrogen-bond donors (Lipinski definition) is 2. The van der Waals surface area contributed by atoms with Crippen molar-refractivity contribution in [1.82, 2.24) is 10.6 Å². The van der Waals surface area contributed by atoms with Gasteiger partial charge in [0.1, 0.15) is 0 Å². The van der Waals surface area contributed by atoms with Crippen LogP contribution in [0.3, 0.4) is 0 Å². The third-order valence-electron chi connectivity index (χ3n) is 9.63. The summed E-state index contributed by atoms with van der Waals surface area (Å²) in [6, 6.07) is 0.241. The van der Waals surface area contributed by atoms with Crippen molar-refractivity contribution >= 4 is 11.8 Å². The maximum atomic E-state index is 13.1. The fourth-order valence-electron chi connectivity index (χ4n) is 8.74. The third kappa shape index (κ3) is 4.05. The highest BCUT2D eigenvalue weighted by Gasteiger charge is 2.47. The molecule has 4 nitrogen and oxygen atoms in total. The molecule has 2 amide bonds. The van der Waals surface area contributed by atoms with E-state index in [9.17, 15) is 9.59 Å². The summed E-state index contributed by atoms with van der Waals surface area (Å²) in [7, 11) is 0. The molecule has 8 atom stereocenters. The molecule has 5 rings (SSSR count). The molecule has 0 unspecified atom stereocenters. The summed E-state index contributed by atoms with van der Waals surface area (Å²) in [4.78, 5) is 26.0. The SMILES string of the molecule is CC1(C)C[C@H](NC(=O)[C@@H]2C[C@@H]3CC[C@@H]2C3)C[C@](C)(CNC(=O)[C@@H]2C[C@@H]3CC[C@@H]2C3)C1. The second-order valence-corrected chi connectivity index (χ2v) is 13.0. The number of fused-ring (bicyclic) bond motifs is 4. The summed E-state index contributed by atoms with van der Waals surface area (Å²) in [5, 5.41) is 6.83. The molecule has 5 fully saturated rings. The van der Waals surface area contributed by atoms with Crippen LogP contribution in [0.5, 0.6) is 0 Å². The Morgan fingerprint density at radius 1 is 0.800 bits per heavy atom. The van der Waals surface area contributed by atoms with E-state index in [1.165, 1.54) is 38.5 Å². The molecule has 5 aliphatic carbocycles. The Hall–Kier alpha value is -1.06. The van der Waals surface area contributed by atoms with Crippen molar-refractivity contribution in [2.75, 3.05) is 6.54 Å². The molecule has 0 spiro atoms. The zero-order chi connectivity index (χ0) is 21.1. The minimum absolute atomic E-state index is 0.0572. The topological polar surface area (TPSA) is 58.2 Å². The number of nitrogens with one attached hydrogen (secondary N) is 2. The van der Waals surface area contributed by atoms with Gasteiger partial charge in [0.15, 0.2) is 0 Å². The Morgan fingerprint density at radius 3 is 1.93 bits per heavy atom. The van der Waals surface area contributed by atoms with Crippen LogP contribution in [0.1, 0.15) is 91.4 Å². The van der Waals surface area contributed by atoms with Gasteiger partial charge in [0.2, 0.25) is 11.8 Å². The number of amides is 2. The predicted molar refractivity (Wildman–Crippen MR) is 119 cm³/mol. The molecule has 5 aliphatic rings. The summed E-state index contributed by atoms with van der Waals surface area (Å²) in [6.07, 6.45) is 13.1. The first-order chi connectivity index (χ1) is 14.2. The Labute approximate surface area is 182 Å². The lowest BCUT2D eigenvalue weighted by Crippen LogP contribution is -2.52. The molecule has 0 aromatic carbocycles. The number of rotatable bonds is 5. The van der Waals surface area contributed by atoms with Gasteiger partial charge in [-0.2, -0.15) is 0 Å². The molecule has 0 radical (unpaired) electrons. The van der Waals surface area contributed by atoms with E-state index < -0.39 is 0 Å². The van der Waals surface area contributed by atoms with Crippen LogP contribution in [0.15, 0.2) is 0 Å². The zero-order valence-corrected chi connectivity index (χ0v) is 19.3. The van der Waals surface area contributed by atoms with E-state index in [1.54, 1.807) is 0 Å². The quantitative estimate of drug-likeness (QED) is 0.686. The normalized spacial score (nSPS) is 46.2. The van der Waals surface area contributed by atoms with Crippen LogP contribution in [0.2, 0.25) is 0 Å². The molecule has 0 heterocycles. The monoisotopic (exact) mass is 414 g/mol. The van der Waals surface area contributed by atoms with Gasteiger partial charge < -0.3 is 10.6 Å². The number of carbonyl (C=O) groups is 2. The van der Waals surface area contributed by atoms with Crippen LogP contribution in [0.4, 0.5) is 0 Å². The van der Waals surface area contributed by atoms with Crippen LogP contribution in [-0.4, -0.2) is 24.4 Å². The van der Waals surface area contributed by atoms with Crippen LogP contribution in [0, 0.1) is 46.3 Å². The van der Waals surface area contributed by atoms with Gasteiger partial charge in [-0.05, 0) is 92.3 Å². The van der Waals surface area contributed by atoms with Crippen molar-refractivity contribution in [3.05, 3.63) is 0 Å². The highest BCUT2D eigenvalue weighted by atomic mass is 16.2. The van der Waals surface area contributed by atoms with E-state index in [0.717, 1.165) is 50.5 Å². The van der Waals surface area contributed by atoms with Crippen molar-refractivity contribution in [2.45, 2.75) is 97.4 Å². The van der Waals surface area contributed by atoms with Crippen LogP contribution in [0.25, 0.3) is 0 Å². The molecule has 0 aromatic rings. The summed E-state index contributed by atoms with van der Waals surface area (Å²) < 4.78 is 0. The van der Waals surface area contributed by atoms with Gasteiger partial charge in [-0.3, -0.25) is 9.59 Å². The highest BCUT2D eigenvalue weighted by Crippen LogP contribution is 2.50. The largest absolute Gasteiger partial charge is 0.355 e. The van der Waals surface area contributed by atoms with Gasteiger partial charge in [-0.25, -0.2) is 0 Å². The van der Waals surface area contributed by atoms with Crippen molar-refractivity contribution in [3.8, 4) is 0 Å². The summed E-state index contributed by atoms with van der Waals surface area (Å²) >= 11 is 0. The zero-order valence-electron chi connectivity index (χ0n) is 19.3. The van der Waals surface area contributed by atoms with Crippen LogP contribution < -0.4 is 10.6 Å². The fraction of sp³-hybridized carbons (Fsp3) is 0.923. The lowest BCUT2D eigenvalue weighted by molar-refractivity contribution is -0.129. The van der Waals surface area contributed by atoms with Gasteiger partial charge in [0.05, 0.1) is 0 Å². The minimum Gasteiger partial charge on any atom is -0.355 e. The molecule has 0 aromatic heterocycles. The number of carbonyl (C=O) groups excluding carboxylic acids is 2. The first-order valence-electron chi connectivity index (χ1n) is 12.8. The maximum Gasteiger partial charge on any atom is 0.223 e. The van der Waals surface area contributed by atoms with E-state index in [4.69, 9.17) is 0 Å². The Kier molecular flexibility index (Phi) is 5.22. The second kappa shape index (κ2) is 7.52. The molecule has 0 saturated heterocycles. The molecule has 4 heteroatoms. The van der Waals surface area contributed by atoms with Crippen LogP contribution >= 0.6 is 0 Å². The molecule has 4 bridgehead atoms. The van der Waals surface area contributed by atoms with Crippen molar-refractivity contribution < 1.29 is 9.59 Å². The molecular weight excluding hydrogens is 372 g/mol. The average molecular weight is 415 g/mol. The first-order valence-corrected chi connectivity index (χ1v) is 12.8. The summed E-state index contributed by atoms with van der Waals surface area (Å²) in [5.41, 5.74) is 0.248. The smallest absolute Gasteiger partial charge is 0.223 e. The molecular formula is C26H42N2O2. The van der Waals surface area contributed by atoms with E-state index in [1.807, 2.05) is 0 Å². The molecule has 5 saturated carbocycles. The lowest BCUT2D eigenvalue weighted by atomic mass is 9.62. The number of hydrogen-bond acceptors (Lipinski definition) is 2. The molecule has 0 aliphatic heterocycles. The maximum absolute atomic E-state index is 13.1. The standard InChI is InChI=1S/C26H42N2O2/c1-25(2)12-20(28-24(30)22-11-17-5-7-19(22)9-17)13-26(3,14-25)15-27-23(29)21-10-16-4-6-18(21)8-16/h16-22H,4-15H2,1-3H3,(H,27,29)(H,28,30)/t16-,17-,18-,19-,20+,21-,22-,26+/m1/s1. The van der Waals surface area contributed by atoms with Gasteiger partial charge in [0, 0.05) is 24.4 Å². The second-order valence-electron chi connectivity index (χ2n) is 13.0. The first kappa shape index (κ1) is 20.8. The fourth-order valence-corrected chi connectivity index (χ4v) is 8.74. The van der Waals surface area contributed by atoms with Crippen molar-refractivity contribution in [2.24, 2.45) is 46.3 Å². The Morgan fingerprint density at radius 2 is 1.40 bits per heavy atom. The molecule has 2 N–H and O–H groups in total.